The summed E-state index contributed by atoms with van der Waals surface area (Å²) in [5, 5.41) is 6.39. The molecule has 0 radical (unpaired) electrons. The Balaban J connectivity index is 1.65. The lowest BCUT2D eigenvalue weighted by atomic mass is 10.2. The van der Waals surface area contributed by atoms with Crippen molar-refractivity contribution in [2.24, 2.45) is 0 Å². The van der Waals surface area contributed by atoms with Crippen molar-refractivity contribution in [1.29, 1.82) is 0 Å². The molecule has 0 aliphatic heterocycles. The van der Waals surface area contributed by atoms with Crippen LogP contribution in [0.2, 0.25) is 0 Å². The number of hydrogen-bond donors (Lipinski definition) is 2. The number of thiocarbonyl (C=S) groups is 1. The maximum atomic E-state index is 13.7. The van der Waals surface area contributed by atoms with Crippen LogP contribution >= 0.6 is 39.9 Å². The molecule has 0 amide bonds. The maximum Gasteiger partial charge on any atom is 0.170 e. The highest BCUT2D eigenvalue weighted by Crippen LogP contribution is 2.19. The normalized spacial score (nSPS) is 10.4. The van der Waals surface area contributed by atoms with Crippen molar-refractivity contribution in [2.45, 2.75) is 12.7 Å². The van der Waals surface area contributed by atoms with Gasteiger partial charge in [0.1, 0.15) is 5.82 Å². The van der Waals surface area contributed by atoms with E-state index in [0.717, 1.165) is 18.1 Å². The second-order valence-electron chi connectivity index (χ2n) is 5.04. The molecule has 2 rings (SSSR count). The van der Waals surface area contributed by atoms with Gasteiger partial charge < -0.3 is 10.6 Å². The molecule has 0 aromatic heterocycles. The van der Waals surface area contributed by atoms with E-state index in [-0.39, 0.29) is 5.82 Å². The summed E-state index contributed by atoms with van der Waals surface area (Å²) in [6, 6.07) is 13.4. The molecule has 0 saturated heterocycles. The van der Waals surface area contributed by atoms with E-state index in [1.807, 2.05) is 11.8 Å². The highest BCUT2D eigenvalue weighted by Gasteiger charge is 2.04. The highest BCUT2D eigenvalue weighted by atomic mass is 79.9. The van der Waals surface area contributed by atoms with Gasteiger partial charge in [-0.2, -0.15) is 11.8 Å². The van der Waals surface area contributed by atoms with Crippen LogP contribution in [0.5, 0.6) is 0 Å². The molecule has 2 aromatic carbocycles. The van der Waals surface area contributed by atoms with Crippen molar-refractivity contribution in [2.75, 3.05) is 17.6 Å². The van der Waals surface area contributed by atoms with Gasteiger partial charge in [-0.3, -0.25) is 0 Å². The van der Waals surface area contributed by atoms with Crippen LogP contribution in [0, 0.1) is 12.7 Å². The van der Waals surface area contributed by atoms with Crippen LogP contribution in [0.3, 0.4) is 0 Å². The molecule has 2 nitrogen and oxygen atoms in total. The average Bonchev–Trinajstić information content (AvgIpc) is 2.51. The molecular weight excluding hydrogens is 395 g/mol. The molecule has 0 heterocycles. The molecule has 2 aromatic rings. The average molecular weight is 413 g/mol. The van der Waals surface area contributed by atoms with E-state index in [1.165, 1.54) is 17.2 Å². The van der Waals surface area contributed by atoms with Crippen molar-refractivity contribution >= 4 is 50.7 Å². The van der Waals surface area contributed by atoms with Gasteiger partial charge >= 0.3 is 0 Å². The Morgan fingerprint density at radius 3 is 2.65 bits per heavy atom. The summed E-state index contributed by atoms with van der Waals surface area (Å²) in [6.07, 6.45) is 0. The third kappa shape index (κ3) is 6.49. The monoisotopic (exact) mass is 412 g/mol. The first-order valence-electron chi connectivity index (χ1n) is 7.18. The molecule has 122 valence electrons. The van der Waals surface area contributed by atoms with E-state index in [2.05, 4.69) is 57.8 Å². The number of anilines is 1. The van der Waals surface area contributed by atoms with Crippen LogP contribution in [0.1, 0.15) is 11.1 Å². The van der Waals surface area contributed by atoms with Crippen LogP contribution in [0.25, 0.3) is 0 Å². The first-order chi connectivity index (χ1) is 11.0. The van der Waals surface area contributed by atoms with Crippen molar-refractivity contribution in [3.8, 4) is 0 Å². The van der Waals surface area contributed by atoms with E-state index < -0.39 is 0 Å². The fourth-order valence-corrected chi connectivity index (χ4v) is 3.23. The summed E-state index contributed by atoms with van der Waals surface area (Å²) >= 11 is 10.2. The van der Waals surface area contributed by atoms with E-state index in [0.29, 0.717) is 15.3 Å². The van der Waals surface area contributed by atoms with Gasteiger partial charge in [0.25, 0.3) is 0 Å². The molecule has 6 heteroatoms. The highest BCUT2D eigenvalue weighted by molar-refractivity contribution is 9.10. The third-order valence-corrected chi connectivity index (χ3v) is 4.87. The molecule has 0 fully saturated rings. The summed E-state index contributed by atoms with van der Waals surface area (Å²) in [4.78, 5) is 0. The van der Waals surface area contributed by atoms with Gasteiger partial charge in [-0.05, 0) is 42.9 Å². The van der Waals surface area contributed by atoms with Gasteiger partial charge in [0, 0.05) is 22.5 Å². The smallest absolute Gasteiger partial charge is 0.170 e. The largest absolute Gasteiger partial charge is 0.362 e. The lowest BCUT2D eigenvalue weighted by Crippen LogP contribution is -2.30. The van der Waals surface area contributed by atoms with Crippen molar-refractivity contribution in [1.82, 2.24) is 5.32 Å². The second kappa shape index (κ2) is 9.25. The summed E-state index contributed by atoms with van der Waals surface area (Å²) in [7, 11) is 0. The summed E-state index contributed by atoms with van der Waals surface area (Å²) < 4.78 is 14.4. The zero-order valence-electron chi connectivity index (χ0n) is 12.7. The quantitative estimate of drug-likeness (QED) is 0.507. The minimum absolute atomic E-state index is 0.336. The second-order valence-corrected chi connectivity index (χ2v) is 7.47. The van der Waals surface area contributed by atoms with E-state index in [9.17, 15) is 4.39 Å². The SMILES string of the molecule is Cc1ccc(CSCCNC(=S)Nc2ccc(Br)cc2F)cc1. The Morgan fingerprint density at radius 2 is 1.96 bits per heavy atom. The Bertz CT molecular complexity index is 662. The van der Waals surface area contributed by atoms with E-state index >= 15 is 0 Å². The fraction of sp³-hybridized carbons (Fsp3) is 0.235. The topological polar surface area (TPSA) is 24.1 Å². The molecule has 0 saturated carbocycles. The van der Waals surface area contributed by atoms with Gasteiger partial charge in [0.05, 0.1) is 5.69 Å². The Morgan fingerprint density at radius 1 is 1.22 bits per heavy atom. The van der Waals surface area contributed by atoms with Crippen LogP contribution < -0.4 is 10.6 Å². The predicted octanol–water partition coefficient (Wildman–Crippen LogP) is 5.12. The lowest BCUT2D eigenvalue weighted by molar-refractivity contribution is 0.631. The number of nitrogens with one attached hydrogen (secondary N) is 2. The van der Waals surface area contributed by atoms with Crippen molar-refractivity contribution in [3.05, 3.63) is 63.9 Å². The number of rotatable bonds is 6. The number of benzene rings is 2. The third-order valence-electron chi connectivity index (χ3n) is 3.10. The number of aryl methyl sites for hydroxylation is 1. The van der Waals surface area contributed by atoms with Crippen molar-refractivity contribution < 1.29 is 4.39 Å². The Kier molecular flexibility index (Phi) is 7.33. The minimum Gasteiger partial charge on any atom is -0.362 e. The summed E-state index contributed by atoms with van der Waals surface area (Å²) in [6.45, 7) is 2.82. The van der Waals surface area contributed by atoms with Gasteiger partial charge in [0.15, 0.2) is 5.11 Å². The molecule has 23 heavy (non-hydrogen) atoms. The van der Waals surface area contributed by atoms with E-state index in [1.54, 1.807) is 12.1 Å². The van der Waals surface area contributed by atoms with Gasteiger partial charge in [-0.15, -0.1) is 0 Å². The Hall–Kier alpha value is -1.11. The van der Waals surface area contributed by atoms with Gasteiger partial charge in [-0.1, -0.05) is 45.8 Å². The molecular formula is C17H18BrFN2S2. The zero-order valence-corrected chi connectivity index (χ0v) is 16.0. The van der Waals surface area contributed by atoms with Gasteiger partial charge in [-0.25, -0.2) is 4.39 Å². The molecule has 0 atom stereocenters. The summed E-state index contributed by atoms with van der Waals surface area (Å²) in [5.41, 5.74) is 2.97. The number of hydrogen-bond acceptors (Lipinski definition) is 2. The van der Waals surface area contributed by atoms with E-state index in [4.69, 9.17) is 12.2 Å². The fourth-order valence-electron chi connectivity index (χ4n) is 1.87. The molecule has 0 aliphatic carbocycles. The van der Waals surface area contributed by atoms with Crippen LogP contribution in [0.15, 0.2) is 46.9 Å². The van der Waals surface area contributed by atoms with Crippen molar-refractivity contribution in [3.63, 3.8) is 0 Å². The maximum absolute atomic E-state index is 13.7. The number of thioether (sulfide) groups is 1. The minimum atomic E-state index is -0.336. The summed E-state index contributed by atoms with van der Waals surface area (Å²) in [5.74, 6) is 1.57. The number of halogens is 2. The van der Waals surface area contributed by atoms with Gasteiger partial charge in [0.2, 0.25) is 0 Å². The molecule has 0 bridgehead atoms. The van der Waals surface area contributed by atoms with Crippen LogP contribution in [0.4, 0.5) is 10.1 Å². The van der Waals surface area contributed by atoms with Crippen LogP contribution in [-0.4, -0.2) is 17.4 Å². The molecule has 0 spiro atoms. The zero-order chi connectivity index (χ0) is 16.7. The molecule has 0 unspecified atom stereocenters. The first-order valence-corrected chi connectivity index (χ1v) is 9.53. The Labute approximate surface area is 154 Å². The lowest BCUT2D eigenvalue weighted by Gasteiger charge is -2.11. The van der Waals surface area contributed by atoms with Crippen LogP contribution in [-0.2, 0) is 5.75 Å². The first kappa shape index (κ1) is 18.2. The molecule has 2 N–H and O–H groups in total. The predicted molar refractivity (Wildman–Crippen MR) is 106 cm³/mol. The standard InChI is InChI=1S/C17H18BrFN2S2/c1-12-2-4-13(5-3-12)11-23-9-8-20-17(22)21-16-7-6-14(18)10-15(16)19/h2-7,10H,8-9,11H2,1H3,(H2,20,21,22). The molecule has 0 aliphatic rings.